The van der Waals surface area contributed by atoms with E-state index in [0.29, 0.717) is 31.5 Å². The molecule has 2 N–H and O–H groups in total. The molecule has 0 spiro atoms. The van der Waals surface area contributed by atoms with Gasteiger partial charge in [-0.2, -0.15) is 9.97 Å². The monoisotopic (exact) mass is 428 g/mol. The molecule has 0 atom stereocenters. The highest BCUT2D eigenvalue weighted by Crippen LogP contribution is 2.29. The van der Waals surface area contributed by atoms with E-state index in [4.69, 9.17) is 9.97 Å². The summed E-state index contributed by atoms with van der Waals surface area (Å²) in [6.07, 6.45) is 7.46. The summed E-state index contributed by atoms with van der Waals surface area (Å²) in [6.45, 7) is 2.15. The summed E-state index contributed by atoms with van der Waals surface area (Å²) >= 11 is 0. The molecule has 6 rings (SSSR count). The molecule has 32 heavy (non-hydrogen) atoms. The zero-order valence-corrected chi connectivity index (χ0v) is 17.7. The molecule has 0 unspecified atom stereocenters. The third-order valence-corrected chi connectivity index (χ3v) is 6.02. The fourth-order valence-corrected chi connectivity index (χ4v) is 4.14. The summed E-state index contributed by atoms with van der Waals surface area (Å²) in [6, 6.07) is 10.4. The highest BCUT2D eigenvalue weighted by Gasteiger charge is 2.25. The van der Waals surface area contributed by atoms with E-state index in [-0.39, 0.29) is 5.91 Å². The number of rotatable bonds is 7. The SMILES string of the molecule is O=C1CCCN1CCn1cnc2c(NC3CC3)nc(Nc3ccc4ncccc4c3)nc21. The minimum absolute atomic E-state index is 0.230. The molecular formula is C23H24N8O. The zero-order chi connectivity index (χ0) is 21.5. The van der Waals surface area contributed by atoms with Gasteiger partial charge in [-0.05, 0) is 43.5 Å². The molecule has 4 heterocycles. The van der Waals surface area contributed by atoms with Crippen LogP contribution in [0.1, 0.15) is 25.7 Å². The Kier molecular flexibility index (Phi) is 4.59. The van der Waals surface area contributed by atoms with E-state index in [9.17, 15) is 4.79 Å². The number of hydrogen-bond acceptors (Lipinski definition) is 7. The molecular weight excluding hydrogens is 404 g/mol. The van der Waals surface area contributed by atoms with Gasteiger partial charge in [0.25, 0.3) is 0 Å². The van der Waals surface area contributed by atoms with E-state index >= 15 is 0 Å². The van der Waals surface area contributed by atoms with Gasteiger partial charge >= 0.3 is 0 Å². The second-order valence-corrected chi connectivity index (χ2v) is 8.44. The number of likely N-dealkylation sites (tertiary alicyclic amines) is 1. The first-order chi connectivity index (χ1) is 15.7. The first kappa shape index (κ1) is 19.0. The summed E-state index contributed by atoms with van der Waals surface area (Å²) in [7, 11) is 0. The molecule has 4 aromatic rings. The maximum Gasteiger partial charge on any atom is 0.231 e. The Hall–Kier alpha value is -3.75. The van der Waals surface area contributed by atoms with Crippen LogP contribution in [0.3, 0.4) is 0 Å². The van der Waals surface area contributed by atoms with Gasteiger partial charge in [-0.25, -0.2) is 4.98 Å². The van der Waals surface area contributed by atoms with Gasteiger partial charge in [0.05, 0.1) is 11.8 Å². The summed E-state index contributed by atoms with van der Waals surface area (Å²) in [5.74, 6) is 1.50. The number of nitrogens with one attached hydrogen (secondary N) is 2. The van der Waals surface area contributed by atoms with E-state index in [1.165, 1.54) is 0 Å². The van der Waals surface area contributed by atoms with Crippen LogP contribution in [-0.4, -0.2) is 54.4 Å². The number of amides is 1. The van der Waals surface area contributed by atoms with E-state index in [1.807, 2.05) is 39.8 Å². The highest BCUT2D eigenvalue weighted by molar-refractivity contribution is 5.86. The summed E-state index contributed by atoms with van der Waals surface area (Å²) in [5, 5.41) is 7.89. The van der Waals surface area contributed by atoms with Crippen molar-refractivity contribution in [2.24, 2.45) is 0 Å². The molecule has 1 aromatic carbocycles. The Balaban J connectivity index is 1.32. The van der Waals surface area contributed by atoms with Gasteiger partial charge in [-0.1, -0.05) is 6.07 Å². The van der Waals surface area contributed by atoms with Crippen molar-refractivity contribution in [3.05, 3.63) is 42.9 Å². The number of carbonyl (C=O) groups excluding carboxylic acids is 1. The Morgan fingerprint density at radius 2 is 2.03 bits per heavy atom. The number of benzene rings is 1. The van der Waals surface area contributed by atoms with Crippen LogP contribution in [0.25, 0.3) is 22.1 Å². The largest absolute Gasteiger partial charge is 0.365 e. The van der Waals surface area contributed by atoms with Crippen molar-refractivity contribution in [2.75, 3.05) is 23.7 Å². The number of aromatic nitrogens is 5. The van der Waals surface area contributed by atoms with Crippen LogP contribution in [0.15, 0.2) is 42.9 Å². The van der Waals surface area contributed by atoms with Gasteiger partial charge < -0.3 is 20.1 Å². The van der Waals surface area contributed by atoms with Gasteiger partial charge in [-0.3, -0.25) is 9.78 Å². The highest BCUT2D eigenvalue weighted by atomic mass is 16.2. The van der Waals surface area contributed by atoms with Crippen molar-refractivity contribution < 1.29 is 4.79 Å². The molecule has 0 radical (unpaired) electrons. The van der Waals surface area contributed by atoms with Crippen LogP contribution in [0.2, 0.25) is 0 Å². The van der Waals surface area contributed by atoms with Crippen LogP contribution < -0.4 is 10.6 Å². The summed E-state index contributed by atoms with van der Waals surface area (Å²) in [4.78, 5) is 32.4. The second-order valence-electron chi connectivity index (χ2n) is 8.44. The predicted octanol–water partition coefficient (Wildman–Crippen LogP) is 3.31. The van der Waals surface area contributed by atoms with E-state index in [0.717, 1.165) is 59.4 Å². The van der Waals surface area contributed by atoms with E-state index < -0.39 is 0 Å². The molecule has 1 amide bonds. The van der Waals surface area contributed by atoms with Crippen LogP contribution >= 0.6 is 0 Å². The number of nitrogens with zero attached hydrogens (tertiary/aromatic N) is 6. The smallest absolute Gasteiger partial charge is 0.231 e. The standard InChI is InChI=1S/C23H24N8O/c32-19-4-2-10-30(19)11-12-31-14-25-20-21(26-16-5-6-16)28-23(29-22(20)31)27-17-7-8-18-15(13-17)3-1-9-24-18/h1,3,7-9,13-14,16H,2,4-6,10-12H2,(H2,26,27,28,29). The van der Waals surface area contributed by atoms with Gasteiger partial charge in [0.15, 0.2) is 17.0 Å². The normalized spacial score (nSPS) is 16.2. The Labute approximate surface area is 184 Å². The first-order valence-corrected chi connectivity index (χ1v) is 11.1. The topological polar surface area (TPSA) is 101 Å². The minimum Gasteiger partial charge on any atom is -0.365 e. The van der Waals surface area contributed by atoms with Crippen LogP contribution in [0.4, 0.5) is 17.5 Å². The number of imidazole rings is 1. The first-order valence-electron chi connectivity index (χ1n) is 11.1. The molecule has 0 bridgehead atoms. The average Bonchev–Trinajstić information content (AvgIpc) is 3.38. The number of pyridine rings is 1. The predicted molar refractivity (Wildman–Crippen MR) is 123 cm³/mol. The summed E-state index contributed by atoms with van der Waals surface area (Å²) < 4.78 is 2.01. The van der Waals surface area contributed by atoms with Crippen molar-refractivity contribution in [3.8, 4) is 0 Å². The maximum absolute atomic E-state index is 12.0. The minimum atomic E-state index is 0.230. The van der Waals surface area contributed by atoms with Crippen LogP contribution in [0.5, 0.6) is 0 Å². The van der Waals surface area contributed by atoms with Crippen molar-refractivity contribution >= 4 is 45.4 Å². The van der Waals surface area contributed by atoms with Crippen LogP contribution in [0, 0.1) is 0 Å². The van der Waals surface area contributed by atoms with Gasteiger partial charge in [0.1, 0.15) is 0 Å². The molecule has 1 saturated heterocycles. The van der Waals surface area contributed by atoms with Gasteiger partial charge in [-0.15, -0.1) is 0 Å². The van der Waals surface area contributed by atoms with E-state index in [1.54, 1.807) is 12.5 Å². The molecule has 3 aromatic heterocycles. The second kappa shape index (κ2) is 7.74. The third kappa shape index (κ3) is 3.70. The molecule has 1 aliphatic carbocycles. The molecule has 162 valence electrons. The van der Waals surface area contributed by atoms with Crippen LogP contribution in [-0.2, 0) is 11.3 Å². The molecule has 2 aliphatic rings. The Bertz CT molecular complexity index is 1310. The summed E-state index contributed by atoms with van der Waals surface area (Å²) in [5.41, 5.74) is 3.37. The fourth-order valence-electron chi connectivity index (χ4n) is 4.14. The van der Waals surface area contributed by atoms with Gasteiger partial charge in [0.2, 0.25) is 11.9 Å². The molecule has 1 saturated carbocycles. The quantitative estimate of drug-likeness (QED) is 0.466. The lowest BCUT2D eigenvalue weighted by Gasteiger charge is -2.16. The fraction of sp³-hybridized carbons (Fsp3) is 0.348. The lowest BCUT2D eigenvalue weighted by Crippen LogP contribution is -2.28. The van der Waals surface area contributed by atoms with E-state index in [2.05, 4.69) is 20.6 Å². The number of hydrogen-bond donors (Lipinski definition) is 2. The van der Waals surface area contributed by atoms with Gasteiger partial charge in [0, 0.05) is 49.4 Å². The third-order valence-electron chi connectivity index (χ3n) is 6.02. The van der Waals surface area contributed by atoms with Crippen molar-refractivity contribution in [2.45, 2.75) is 38.3 Å². The number of fused-ring (bicyclic) bond motifs is 2. The molecule has 9 heteroatoms. The Morgan fingerprint density at radius 1 is 1.09 bits per heavy atom. The Morgan fingerprint density at radius 3 is 2.88 bits per heavy atom. The lowest BCUT2D eigenvalue weighted by molar-refractivity contribution is -0.127. The zero-order valence-electron chi connectivity index (χ0n) is 17.7. The van der Waals surface area contributed by atoms with Crippen molar-refractivity contribution in [3.63, 3.8) is 0 Å². The number of carbonyl (C=O) groups is 1. The molecule has 1 aliphatic heterocycles. The molecule has 2 fully saturated rings. The molecule has 9 nitrogen and oxygen atoms in total. The van der Waals surface area contributed by atoms with Crippen molar-refractivity contribution in [1.82, 2.24) is 29.4 Å². The average molecular weight is 429 g/mol. The van der Waals surface area contributed by atoms with Crippen molar-refractivity contribution in [1.29, 1.82) is 0 Å². The number of anilines is 3. The lowest BCUT2D eigenvalue weighted by atomic mass is 10.2. The maximum atomic E-state index is 12.0.